The molecule has 1 saturated heterocycles. The maximum atomic E-state index is 13.4. The van der Waals surface area contributed by atoms with E-state index in [1.807, 2.05) is 4.98 Å². The average Bonchev–Trinajstić information content (AvgIpc) is 2.45. The Morgan fingerprint density at radius 1 is 1.60 bits per heavy atom. The third-order valence-corrected chi connectivity index (χ3v) is 2.14. The molecule has 1 aliphatic rings. The van der Waals surface area contributed by atoms with E-state index in [1.54, 1.807) is 0 Å². The first-order valence-corrected chi connectivity index (χ1v) is 4.38. The van der Waals surface area contributed by atoms with Gasteiger partial charge >= 0.3 is 5.69 Å². The van der Waals surface area contributed by atoms with Gasteiger partial charge in [0.05, 0.1) is 5.76 Å². The molecule has 1 aromatic heterocycles. The lowest BCUT2D eigenvalue weighted by molar-refractivity contribution is 0.0450. The molecule has 5 nitrogen and oxygen atoms in total. The summed E-state index contributed by atoms with van der Waals surface area (Å²) < 4.78 is 19.4. The van der Waals surface area contributed by atoms with Crippen molar-refractivity contribution >= 4 is 0 Å². The Balaban J connectivity index is 2.42. The summed E-state index contributed by atoms with van der Waals surface area (Å²) >= 11 is 0. The summed E-state index contributed by atoms with van der Waals surface area (Å²) in [4.78, 5) is 24.1. The summed E-state index contributed by atoms with van der Waals surface area (Å²) in [5.74, 6) is 0.297. The minimum atomic E-state index is -1.32. The van der Waals surface area contributed by atoms with Crippen molar-refractivity contribution in [3.63, 3.8) is 0 Å². The molecule has 15 heavy (non-hydrogen) atoms. The number of aromatic nitrogens is 2. The van der Waals surface area contributed by atoms with Crippen molar-refractivity contribution in [2.75, 3.05) is 0 Å². The first-order valence-electron chi connectivity index (χ1n) is 4.38. The van der Waals surface area contributed by atoms with Crippen LogP contribution in [0.3, 0.4) is 0 Å². The molecule has 0 saturated carbocycles. The largest absolute Gasteiger partial charge is 0.472 e. The molecule has 1 aliphatic heterocycles. The van der Waals surface area contributed by atoms with Gasteiger partial charge < -0.3 is 4.74 Å². The zero-order chi connectivity index (χ0) is 11.0. The zero-order valence-corrected chi connectivity index (χ0v) is 7.77. The molecule has 6 heteroatoms. The van der Waals surface area contributed by atoms with Crippen molar-refractivity contribution in [3.8, 4) is 0 Å². The molecule has 2 unspecified atom stereocenters. The number of alkyl halides is 1. The summed E-state index contributed by atoms with van der Waals surface area (Å²) in [5.41, 5.74) is -1.21. The average molecular weight is 212 g/mol. The van der Waals surface area contributed by atoms with Gasteiger partial charge in [0.15, 0.2) is 6.17 Å². The Morgan fingerprint density at radius 3 is 2.87 bits per heavy atom. The van der Waals surface area contributed by atoms with Gasteiger partial charge in [-0.05, 0) is 0 Å². The van der Waals surface area contributed by atoms with E-state index in [1.165, 1.54) is 6.20 Å². The highest BCUT2D eigenvalue weighted by molar-refractivity contribution is 4.97. The van der Waals surface area contributed by atoms with Gasteiger partial charge in [-0.15, -0.1) is 0 Å². The molecule has 1 N–H and O–H groups in total. The fraction of sp³-hybridized carbons (Fsp3) is 0.333. The molecule has 2 heterocycles. The Morgan fingerprint density at radius 2 is 2.33 bits per heavy atom. The normalized spacial score (nSPS) is 25.3. The van der Waals surface area contributed by atoms with Crippen molar-refractivity contribution in [2.24, 2.45) is 0 Å². The number of aromatic amines is 1. The molecule has 0 radical (unpaired) electrons. The van der Waals surface area contributed by atoms with Crippen LogP contribution in [-0.4, -0.2) is 15.7 Å². The predicted molar refractivity (Wildman–Crippen MR) is 50.1 cm³/mol. The van der Waals surface area contributed by atoms with Gasteiger partial charge in [0.25, 0.3) is 5.56 Å². The molecule has 1 fully saturated rings. The number of hydrogen-bond acceptors (Lipinski definition) is 3. The smallest absolute Gasteiger partial charge is 0.331 e. The fourth-order valence-corrected chi connectivity index (χ4v) is 1.47. The zero-order valence-electron chi connectivity index (χ0n) is 7.77. The lowest BCUT2D eigenvalue weighted by Crippen LogP contribution is -2.33. The van der Waals surface area contributed by atoms with E-state index in [2.05, 4.69) is 6.58 Å². The van der Waals surface area contributed by atoms with E-state index in [9.17, 15) is 14.0 Å². The van der Waals surface area contributed by atoms with Gasteiger partial charge in [0.2, 0.25) is 6.23 Å². The molecular formula is C9H9FN2O3. The van der Waals surface area contributed by atoms with Crippen LogP contribution in [0.25, 0.3) is 0 Å². The molecule has 2 atom stereocenters. The summed E-state index contributed by atoms with van der Waals surface area (Å²) in [6.07, 6.45) is -1.07. The Kier molecular flexibility index (Phi) is 2.18. The summed E-state index contributed by atoms with van der Waals surface area (Å²) in [5, 5.41) is 0. The lowest BCUT2D eigenvalue weighted by Gasteiger charge is -2.14. The van der Waals surface area contributed by atoms with Crippen LogP contribution < -0.4 is 11.2 Å². The highest BCUT2D eigenvalue weighted by Gasteiger charge is 2.33. The first-order chi connectivity index (χ1) is 7.08. The van der Waals surface area contributed by atoms with E-state index in [4.69, 9.17) is 4.74 Å². The SMILES string of the molecule is C=C1CC(F)C(n2ccc(=O)[nH]c2=O)O1. The minimum Gasteiger partial charge on any atom is -0.472 e. The minimum absolute atomic E-state index is 0.0657. The quantitative estimate of drug-likeness (QED) is 0.728. The molecule has 0 amide bonds. The fourth-order valence-electron chi connectivity index (χ4n) is 1.47. The Labute approximate surface area is 83.8 Å². The monoisotopic (exact) mass is 212 g/mol. The van der Waals surface area contributed by atoms with E-state index >= 15 is 0 Å². The van der Waals surface area contributed by atoms with Gasteiger partial charge in [0.1, 0.15) is 0 Å². The van der Waals surface area contributed by atoms with Crippen molar-refractivity contribution < 1.29 is 9.13 Å². The van der Waals surface area contributed by atoms with Crippen molar-refractivity contribution in [1.29, 1.82) is 0 Å². The van der Waals surface area contributed by atoms with Crippen LogP contribution in [0.5, 0.6) is 0 Å². The molecular weight excluding hydrogens is 203 g/mol. The second-order valence-corrected chi connectivity index (χ2v) is 3.28. The van der Waals surface area contributed by atoms with E-state index in [0.717, 1.165) is 10.6 Å². The van der Waals surface area contributed by atoms with Crippen molar-refractivity contribution in [2.45, 2.75) is 18.8 Å². The van der Waals surface area contributed by atoms with E-state index in [0.29, 0.717) is 5.76 Å². The standard InChI is InChI=1S/C9H9FN2O3/c1-5-4-6(10)8(15-5)12-3-2-7(13)11-9(12)14/h2-3,6,8H,1,4H2,(H,11,13,14). The number of hydrogen-bond donors (Lipinski definition) is 1. The van der Waals surface area contributed by atoms with Crippen LogP contribution in [0, 0.1) is 0 Å². The van der Waals surface area contributed by atoms with Crippen LogP contribution in [0.1, 0.15) is 12.6 Å². The molecule has 0 spiro atoms. The van der Waals surface area contributed by atoms with Crippen LogP contribution in [0.4, 0.5) is 4.39 Å². The number of rotatable bonds is 1. The third-order valence-electron chi connectivity index (χ3n) is 2.14. The lowest BCUT2D eigenvalue weighted by atomic mass is 10.3. The van der Waals surface area contributed by atoms with Gasteiger partial charge in [-0.1, -0.05) is 6.58 Å². The maximum absolute atomic E-state index is 13.4. The topological polar surface area (TPSA) is 64.1 Å². The van der Waals surface area contributed by atoms with Gasteiger partial charge in [-0.2, -0.15) is 0 Å². The number of nitrogens with zero attached hydrogens (tertiary/aromatic N) is 1. The summed E-state index contributed by atoms with van der Waals surface area (Å²) in [6, 6.07) is 1.14. The molecule has 2 rings (SSSR count). The molecule has 0 aromatic carbocycles. The maximum Gasteiger partial charge on any atom is 0.331 e. The van der Waals surface area contributed by atoms with Crippen LogP contribution >= 0.6 is 0 Å². The highest BCUT2D eigenvalue weighted by atomic mass is 19.1. The molecule has 1 aromatic rings. The first kappa shape index (κ1) is 9.70. The van der Waals surface area contributed by atoms with Crippen LogP contribution in [0.2, 0.25) is 0 Å². The summed E-state index contributed by atoms with van der Waals surface area (Å²) in [7, 11) is 0. The second-order valence-electron chi connectivity index (χ2n) is 3.28. The van der Waals surface area contributed by atoms with Crippen LogP contribution in [-0.2, 0) is 4.74 Å². The number of H-pyrrole nitrogens is 1. The summed E-state index contributed by atoms with van der Waals surface area (Å²) in [6.45, 7) is 3.48. The van der Waals surface area contributed by atoms with Gasteiger partial charge in [-0.25, -0.2) is 9.18 Å². The number of nitrogens with one attached hydrogen (secondary N) is 1. The molecule has 0 bridgehead atoms. The number of halogens is 1. The van der Waals surface area contributed by atoms with Crippen LogP contribution in [0.15, 0.2) is 34.2 Å². The second kappa shape index (κ2) is 3.38. The van der Waals surface area contributed by atoms with Crippen molar-refractivity contribution in [1.82, 2.24) is 9.55 Å². The molecule has 0 aliphatic carbocycles. The van der Waals surface area contributed by atoms with E-state index in [-0.39, 0.29) is 6.42 Å². The van der Waals surface area contributed by atoms with Gasteiger partial charge in [0, 0.05) is 18.7 Å². The predicted octanol–water partition coefficient (Wildman–Crippen LogP) is 0.307. The van der Waals surface area contributed by atoms with E-state index < -0.39 is 23.6 Å². The molecule has 80 valence electrons. The van der Waals surface area contributed by atoms with Crippen molar-refractivity contribution in [3.05, 3.63) is 45.4 Å². The third kappa shape index (κ3) is 1.70. The van der Waals surface area contributed by atoms with Gasteiger partial charge in [-0.3, -0.25) is 14.3 Å². The number of ether oxygens (including phenoxy) is 1. The number of allylic oxidation sites excluding steroid dienone is 1. The highest BCUT2D eigenvalue weighted by Crippen LogP contribution is 2.31. The Bertz CT molecular complexity index is 505. The Hall–Kier alpha value is -1.85.